The minimum absolute atomic E-state index is 0.172. The number of carbonyl (C=O) groups is 1. The van der Waals surface area contributed by atoms with Gasteiger partial charge in [-0.3, -0.25) is 0 Å². The molecule has 1 aliphatic carbocycles. The second-order valence-corrected chi connectivity index (χ2v) is 14.4. The van der Waals surface area contributed by atoms with Gasteiger partial charge in [-0.2, -0.15) is 0 Å². The van der Waals surface area contributed by atoms with Crippen molar-refractivity contribution in [3.63, 3.8) is 0 Å². The third-order valence-electron chi connectivity index (χ3n) is 5.69. The summed E-state index contributed by atoms with van der Waals surface area (Å²) in [6.45, 7) is 13.5. The molecule has 0 saturated heterocycles. The summed E-state index contributed by atoms with van der Waals surface area (Å²) in [6.07, 6.45) is 10.2. The number of ether oxygens (including phenoxy) is 1. The fourth-order valence-corrected chi connectivity index (χ4v) is 4.76. The van der Waals surface area contributed by atoms with Crippen LogP contribution in [0.25, 0.3) is 6.08 Å². The molecule has 1 saturated carbocycles. The Hall–Kier alpha value is -1.38. The van der Waals surface area contributed by atoms with Crippen LogP contribution >= 0.6 is 11.8 Å². The first-order valence-electron chi connectivity index (χ1n) is 10.3. The van der Waals surface area contributed by atoms with Crippen LogP contribution in [0.1, 0.15) is 52.5 Å². The fourth-order valence-electron chi connectivity index (χ4n) is 3.02. The van der Waals surface area contributed by atoms with Crippen LogP contribution in [-0.4, -0.2) is 49.3 Å². The number of anilines is 1. The average molecular weight is 438 g/mol. The highest BCUT2D eigenvalue weighted by Crippen LogP contribution is 2.40. The second-order valence-electron chi connectivity index (χ2n) is 8.84. The molecule has 1 aromatic heterocycles. The zero-order valence-electron chi connectivity index (χ0n) is 18.7. The maximum absolute atomic E-state index is 11.7. The van der Waals surface area contributed by atoms with Crippen molar-refractivity contribution in [2.75, 3.05) is 18.2 Å². The Morgan fingerprint density at radius 3 is 2.72 bits per heavy atom. The Kier molecular flexibility index (Phi) is 8.31. The molecule has 1 aromatic rings. The summed E-state index contributed by atoms with van der Waals surface area (Å²) in [6, 6.07) is 0.198. The molecule has 0 amide bonds. The molecular weight excluding hydrogens is 402 g/mol. The quantitative estimate of drug-likeness (QED) is 0.199. The topological polar surface area (TPSA) is 73.3 Å². The van der Waals surface area contributed by atoms with Crippen LogP contribution in [0, 0.1) is 0 Å². The summed E-state index contributed by atoms with van der Waals surface area (Å²) in [5.74, 6) is 0.369. The van der Waals surface area contributed by atoms with Gasteiger partial charge in [0, 0.05) is 17.8 Å². The van der Waals surface area contributed by atoms with Gasteiger partial charge < -0.3 is 14.5 Å². The van der Waals surface area contributed by atoms with Crippen molar-refractivity contribution in [2.24, 2.45) is 0 Å². The molecule has 1 heterocycles. The smallest absolute Gasteiger partial charge is 0.330 e. The number of thioether (sulfide) groups is 1. The minimum Gasteiger partial charge on any atom is -0.463 e. The summed E-state index contributed by atoms with van der Waals surface area (Å²) in [5.41, 5.74) is 0.772. The Labute approximate surface area is 180 Å². The lowest BCUT2D eigenvalue weighted by Crippen LogP contribution is -2.47. The first kappa shape index (κ1) is 23.9. The van der Waals surface area contributed by atoms with Gasteiger partial charge in [0.2, 0.25) is 0 Å². The highest BCUT2D eigenvalue weighted by atomic mass is 32.2. The van der Waals surface area contributed by atoms with E-state index >= 15 is 0 Å². The van der Waals surface area contributed by atoms with E-state index in [0.29, 0.717) is 11.8 Å². The van der Waals surface area contributed by atoms with Crippen LogP contribution in [-0.2, 0) is 14.0 Å². The maximum Gasteiger partial charge on any atom is 0.330 e. The SMILES string of the molecule is CCOC(=O)/C=C/c1cnc(SC)nc1NC1CCCC1O[Si](C)(C)C(C)(C)C. The van der Waals surface area contributed by atoms with Crippen molar-refractivity contribution in [1.29, 1.82) is 0 Å². The molecule has 162 valence electrons. The number of hydrogen-bond acceptors (Lipinski definition) is 7. The number of rotatable bonds is 8. The third-order valence-corrected chi connectivity index (χ3v) is 10.8. The summed E-state index contributed by atoms with van der Waals surface area (Å²) in [4.78, 5) is 20.7. The molecule has 0 bridgehead atoms. The maximum atomic E-state index is 11.7. The van der Waals surface area contributed by atoms with Crippen LogP contribution < -0.4 is 5.32 Å². The summed E-state index contributed by atoms with van der Waals surface area (Å²) in [7, 11) is -1.85. The number of nitrogens with zero attached hydrogens (tertiary/aromatic N) is 2. The first-order valence-corrected chi connectivity index (χ1v) is 14.4. The van der Waals surface area contributed by atoms with Crippen LogP contribution in [0.3, 0.4) is 0 Å². The van der Waals surface area contributed by atoms with Crippen molar-refractivity contribution in [3.8, 4) is 0 Å². The molecule has 1 N–H and O–H groups in total. The molecule has 0 spiro atoms. The molecule has 2 atom stereocenters. The van der Waals surface area contributed by atoms with E-state index in [1.165, 1.54) is 17.8 Å². The molecule has 1 aliphatic rings. The van der Waals surface area contributed by atoms with Crippen molar-refractivity contribution in [2.45, 2.75) is 82.4 Å². The van der Waals surface area contributed by atoms with Gasteiger partial charge in [-0.15, -0.1) is 0 Å². The van der Waals surface area contributed by atoms with Gasteiger partial charge in [0.05, 0.1) is 18.8 Å². The lowest BCUT2D eigenvalue weighted by molar-refractivity contribution is -0.137. The van der Waals surface area contributed by atoms with Crippen LogP contribution in [0.15, 0.2) is 17.4 Å². The molecule has 1 fully saturated rings. The van der Waals surface area contributed by atoms with Gasteiger partial charge in [-0.1, -0.05) is 32.5 Å². The number of carbonyl (C=O) groups excluding carboxylic acids is 1. The van der Waals surface area contributed by atoms with Crippen LogP contribution in [0.4, 0.5) is 5.82 Å². The van der Waals surface area contributed by atoms with E-state index in [1.54, 1.807) is 19.2 Å². The predicted octanol–water partition coefficient (Wildman–Crippen LogP) is 5.13. The van der Waals surface area contributed by atoms with Crippen molar-refractivity contribution in [1.82, 2.24) is 9.97 Å². The van der Waals surface area contributed by atoms with Crippen molar-refractivity contribution in [3.05, 3.63) is 17.8 Å². The standard InChI is InChI=1S/C21H35N3O3SSi/c1-8-26-18(25)13-12-15-14-22-20(28-5)24-19(15)23-16-10-9-11-17(16)27-29(6,7)21(2,3)4/h12-14,16-17H,8-11H2,1-7H3,(H,22,23,24)/b13-12+. The Morgan fingerprint density at radius 2 is 2.10 bits per heavy atom. The van der Waals surface area contributed by atoms with E-state index in [0.717, 1.165) is 30.6 Å². The summed E-state index contributed by atoms with van der Waals surface area (Å²) in [5, 5.41) is 4.46. The molecule has 0 radical (unpaired) electrons. The summed E-state index contributed by atoms with van der Waals surface area (Å²) < 4.78 is 11.7. The molecule has 2 rings (SSSR count). The first-order chi connectivity index (χ1) is 13.6. The highest BCUT2D eigenvalue weighted by molar-refractivity contribution is 7.98. The molecule has 29 heavy (non-hydrogen) atoms. The van der Waals surface area contributed by atoms with E-state index in [-0.39, 0.29) is 23.2 Å². The number of hydrogen-bond donors (Lipinski definition) is 1. The zero-order valence-corrected chi connectivity index (χ0v) is 20.6. The second kappa shape index (κ2) is 10.1. The molecule has 0 aliphatic heterocycles. The number of aromatic nitrogens is 2. The fraction of sp³-hybridized carbons (Fsp3) is 0.667. The monoisotopic (exact) mass is 437 g/mol. The van der Waals surface area contributed by atoms with Gasteiger partial charge in [0.25, 0.3) is 0 Å². The third kappa shape index (κ3) is 6.55. The van der Waals surface area contributed by atoms with Gasteiger partial charge >= 0.3 is 5.97 Å². The molecule has 0 aromatic carbocycles. The van der Waals surface area contributed by atoms with Crippen molar-refractivity contribution >= 4 is 37.9 Å². The molecular formula is C21H35N3O3SSi. The molecule has 2 unspecified atom stereocenters. The van der Waals surface area contributed by atoms with E-state index in [9.17, 15) is 4.79 Å². The number of esters is 1. The molecule has 6 nitrogen and oxygen atoms in total. The van der Waals surface area contributed by atoms with Gasteiger partial charge in [0.1, 0.15) is 5.82 Å². The normalized spacial score (nSPS) is 20.2. The van der Waals surface area contributed by atoms with Gasteiger partial charge in [-0.25, -0.2) is 14.8 Å². The lowest BCUT2D eigenvalue weighted by Gasteiger charge is -2.40. The Balaban J connectivity index is 2.21. The van der Waals surface area contributed by atoms with E-state index in [1.807, 2.05) is 6.26 Å². The van der Waals surface area contributed by atoms with Crippen LogP contribution in [0.2, 0.25) is 18.1 Å². The average Bonchev–Trinajstić information content (AvgIpc) is 3.06. The predicted molar refractivity (Wildman–Crippen MR) is 123 cm³/mol. The van der Waals surface area contributed by atoms with E-state index in [2.05, 4.69) is 49.1 Å². The molecule has 8 heteroatoms. The summed E-state index contributed by atoms with van der Waals surface area (Å²) >= 11 is 1.49. The van der Waals surface area contributed by atoms with E-state index < -0.39 is 8.32 Å². The van der Waals surface area contributed by atoms with E-state index in [4.69, 9.17) is 9.16 Å². The largest absolute Gasteiger partial charge is 0.463 e. The van der Waals surface area contributed by atoms with Gasteiger partial charge in [0.15, 0.2) is 13.5 Å². The minimum atomic E-state index is -1.85. The van der Waals surface area contributed by atoms with Crippen molar-refractivity contribution < 1.29 is 14.0 Å². The van der Waals surface area contributed by atoms with Crippen LogP contribution in [0.5, 0.6) is 0 Å². The number of nitrogens with one attached hydrogen (secondary N) is 1. The highest BCUT2D eigenvalue weighted by Gasteiger charge is 2.42. The lowest BCUT2D eigenvalue weighted by atomic mass is 10.2. The van der Waals surface area contributed by atoms with Gasteiger partial charge in [-0.05, 0) is 56.7 Å². The zero-order chi connectivity index (χ0) is 21.7. The Morgan fingerprint density at radius 1 is 1.38 bits per heavy atom. The Bertz CT molecular complexity index is 734.